The molecule has 1 unspecified atom stereocenters. The first kappa shape index (κ1) is 13.1. The highest BCUT2D eigenvalue weighted by Crippen LogP contribution is 2.64. The molecule has 0 amide bonds. The Morgan fingerprint density at radius 2 is 1.89 bits per heavy atom. The number of benzene rings is 1. The minimum atomic E-state index is -0.670. The van der Waals surface area contributed by atoms with Crippen LogP contribution in [0.1, 0.15) is 57.1 Å². The lowest BCUT2D eigenvalue weighted by atomic mass is 9.95. The lowest BCUT2D eigenvalue weighted by Crippen LogP contribution is -2.03. The quantitative estimate of drug-likeness (QED) is 0.871. The molecule has 1 aliphatic carbocycles. The van der Waals surface area contributed by atoms with Gasteiger partial charge in [-0.1, -0.05) is 52.0 Å². The van der Waals surface area contributed by atoms with Crippen LogP contribution in [0.5, 0.6) is 0 Å². The van der Waals surface area contributed by atoms with E-state index in [9.17, 15) is 9.90 Å². The Hall–Kier alpha value is -1.31. The average Bonchev–Trinajstić information content (AvgIpc) is 2.92. The van der Waals surface area contributed by atoms with E-state index < -0.39 is 5.97 Å². The smallest absolute Gasteiger partial charge is 0.307 e. The Morgan fingerprint density at radius 3 is 2.28 bits per heavy atom. The van der Waals surface area contributed by atoms with Crippen LogP contribution in [-0.4, -0.2) is 11.1 Å². The fraction of sp³-hybridized carbons (Fsp3) is 0.562. The maximum Gasteiger partial charge on any atom is 0.307 e. The van der Waals surface area contributed by atoms with Crippen molar-refractivity contribution in [2.45, 2.75) is 46.0 Å². The molecule has 0 aromatic heterocycles. The molecule has 2 nitrogen and oxygen atoms in total. The summed E-state index contributed by atoms with van der Waals surface area (Å²) in [5.41, 5.74) is 2.40. The average molecular weight is 246 g/mol. The summed E-state index contributed by atoms with van der Waals surface area (Å²) in [6.07, 6.45) is 1.13. The van der Waals surface area contributed by atoms with E-state index in [2.05, 4.69) is 38.1 Å². The number of hydrogen-bond acceptors (Lipinski definition) is 1. The molecular formula is C16H22O2. The third-order valence-electron chi connectivity index (χ3n) is 4.57. The van der Waals surface area contributed by atoms with Crippen LogP contribution in [0.25, 0.3) is 0 Å². The van der Waals surface area contributed by atoms with Crippen molar-refractivity contribution in [2.75, 3.05) is 0 Å². The van der Waals surface area contributed by atoms with Gasteiger partial charge in [0.15, 0.2) is 0 Å². The van der Waals surface area contributed by atoms with E-state index in [0.29, 0.717) is 5.92 Å². The van der Waals surface area contributed by atoms with E-state index in [1.165, 1.54) is 11.1 Å². The van der Waals surface area contributed by atoms with Crippen LogP contribution in [0.15, 0.2) is 24.3 Å². The SMILES string of the molecule is CCC(C)c1ccc([C@H]2[C@H](C(=O)O)C2(C)C)cc1. The van der Waals surface area contributed by atoms with Crippen LogP contribution >= 0.6 is 0 Å². The van der Waals surface area contributed by atoms with Crippen LogP contribution in [0.2, 0.25) is 0 Å². The van der Waals surface area contributed by atoms with Gasteiger partial charge in [-0.15, -0.1) is 0 Å². The lowest BCUT2D eigenvalue weighted by Gasteiger charge is -2.10. The van der Waals surface area contributed by atoms with Gasteiger partial charge in [-0.3, -0.25) is 4.79 Å². The second-order valence-electron chi connectivity index (χ2n) is 6.09. The summed E-state index contributed by atoms with van der Waals surface area (Å²) in [6.45, 7) is 8.48. The van der Waals surface area contributed by atoms with E-state index in [0.717, 1.165) is 6.42 Å². The van der Waals surface area contributed by atoms with Crippen molar-refractivity contribution < 1.29 is 9.90 Å². The Labute approximate surface area is 109 Å². The first-order valence-electron chi connectivity index (χ1n) is 6.72. The first-order valence-corrected chi connectivity index (χ1v) is 6.72. The zero-order valence-electron chi connectivity index (χ0n) is 11.6. The lowest BCUT2D eigenvalue weighted by molar-refractivity contribution is -0.139. The van der Waals surface area contributed by atoms with Gasteiger partial charge in [-0.05, 0) is 28.9 Å². The molecule has 3 atom stereocenters. The molecule has 0 radical (unpaired) electrons. The predicted octanol–water partition coefficient (Wildman–Crippen LogP) is 4.02. The standard InChI is InChI=1S/C16H22O2/c1-5-10(2)11-6-8-12(9-7-11)13-14(15(17)18)16(13,3)4/h6-10,13-14H,5H2,1-4H3,(H,17,18)/t10?,13-,14+/m0/s1. The third kappa shape index (κ3) is 2.05. The maximum atomic E-state index is 11.2. The molecule has 0 aliphatic heterocycles. The second-order valence-corrected chi connectivity index (χ2v) is 6.09. The van der Waals surface area contributed by atoms with E-state index in [1.54, 1.807) is 0 Å². The fourth-order valence-corrected chi connectivity index (χ4v) is 2.99. The summed E-state index contributed by atoms with van der Waals surface area (Å²) in [6, 6.07) is 8.52. The van der Waals surface area contributed by atoms with Crippen molar-refractivity contribution in [3.63, 3.8) is 0 Å². The predicted molar refractivity (Wildman–Crippen MR) is 72.8 cm³/mol. The van der Waals surface area contributed by atoms with Crippen LogP contribution in [0.4, 0.5) is 0 Å². The largest absolute Gasteiger partial charge is 0.481 e. The van der Waals surface area contributed by atoms with Gasteiger partial charge in [0.25, 0.3) is 0 Å². The zero-order valence-corrected chi connectivity index (χ0v) is 11.6. The van der Waals surface area contributed by atoms with Gasteiger partial charge in [-0.25, -0.2) is 0 Å². The number of hydrogen-bond donors (Lipinski definition) is 1. The third-order valence-corrected chi connectivity index (χ3v) is 4.57. The Kier molecular flexibility index (Phi) is 3.22. The van der Waals surface area contributed by atoms with E-state index in [4.69, 9.17) is 0 Å². The molecule has 1 N–H and O–H groups in total. The van der Waals surface area contributed by atoms with Gasteiger partial charge >= 0.3 is 5.97 Å². The highest BCUT2D eigenvalue weighted by atomic mass is 16.4. The van der Waals surface area contributed by atoms with Gasteiger partial charge in [0, 0.05) is 5.92 Å². The van der Waals surface area contributed by atoms with Crippen molar-refractivity contribution in [1.82, 2.24) is 0 Å². The summed E-state index contributed by atoms with van der Waals surface area (Å²) in [4.78, 5) is 11.2. The summed E-state index contributed by atoms with van der Waals surface area (Å²) in [5, 5.41) is 9.20. The van der Waals surface area contributed by atoms with Crippen LogP contribution in [-0.2, 0) is 4.79 Å². The van der Waals surface area contributed by atoms with Crippen molar-refractivity contribution in [3.8, 4) is 0 Å². The minimum Gasteiger partial charge on any atom is -0.481 e. The molecule has 1 aromatic carbocycles. The van der Waals surface area contributed by atoms with Gasteiger partial charge in [0.05, 0.1) is 5.92 Å². The molecule has 1 saturated carbocycles. The molecule has 1 fully saturated rings. The minimum absolute atomic E-state index is 0.107. The molecule has 2 rings (SSSR count). The van der Waals surface area contributed by atoms with E-state index in [1.807, 2.05) is 13.8 Å². The Bertz CT molecular complexity index is 445. The van der Waals surface area contributed by atoms with Gasteiger partial charge in [-0.2, -0.15) is 0 Å². The normalized spacial score (nSPS) is 26.7. The Balaban J connectivity index is 2.19. The summed E-state index contributed by atoms with van der Waals surface area (Å²) in [5.74, 6) is -0.162. The highest BCUT2D eigenvalue weighted by molar-refractivity contribution is 5.77. The van der Waals surface area contributed by atoms with E-state index in [-0.39, 0.29) is 17.3 Å². The molecule has 0 spiro atoms. The molecule has 0 bridgehead atoms. The van der Waals surface area contributed by atoms with Crippen LogP contribution in [0.3, 0.4) is 0 Å². The number of rotatable bonds is 4. The summed E-state index contributed by atoms with van der Waals surface area (Å²) in [7, 11) is 0. The monoisotopic (exact) mass is 246 g/mol. The van der Waals surface area contributed by atoms with Crippen LogP contribution < -0.4 is 0 Å². The maximum absolute atomic E-state index is 11.2. The Morgan fingerprint density at radius 1 is 1.33 bits per heavy atom. The zero-order chi connectivity index (χ0) is 13.5. The van der Waals surface area contributed by atoms with Crippen molar-refractivity contribution in [2.24, 2.45) is 11.3 Å². The number of carbonyl (C=O) groups is 1. The molecule has 0 heterocycles. The molecular weight excluding hydrogens is 224 g/mol. The molecule has 1 aliphatic rings. The number of carboxylic acid groups (broad SMARTS) is 1. The summed E-state index contributed by atoms with van der Waals surface area (Å²) >= 11 is 0. The molecule has 1 aromatic rings. The molecule has 0 saturated heterocycles. The van der Waals surface area contributed by atoms with Crippen LogP contribution in [0, 0.1) is 11.3 Å². The summed E-state index contributed by atoms with van der Waals surface area (Å²) < 4.78 is 0. The fourth-order valence-electron chi connectivity index (χ4n) is 2.99. The number of carboxylic acids is 1. The van der Waals surface area contributed by atoms with Gasteiger partial charge < -0.3 is 5.11 Å². The topological polar surface area (TPSA) is 37.3 Å². The highest BCUT2D eigenvalue weighted by Gasteiger charge is 2.62. The van der Waals surface area contributed by atoms with Gasteiger partial charge in [0.1, 0.15) is 0 Å². The van der Waals surface area contributed by atoms with Crippen molar-refractivity contribution in [3.05, 3.63) is 35.4 Å². The van der Waals surface area contributed by atoms with Crippen molar-refractivity contribution in [1.29, 1.82) is 0 Å². The molecule has 98 valence electrons. The van der Waals surface area contributed by atoms with Gasteiger partial charge in [0.2, 0.25) is 0 Å². The molecule has 2 heteroatoms. The molecule has 18 heavy (non-hydrogen) atoms. The second kappa shape index (κ2) is 4.42. The van der Waals surface area contributed by atoms with E-state index >= 15 is 0 Å². The van der Waals surface area contributed by atoms with Crippen molar-refractivity contribution >= 4 is 5.97 Å². The number of aliphatic carboxylic acids is 1. The first-order chi connectivity index (χ1) is 8.39.